The molecule has 0 rings (SSSR count). The molecule has 0 aromatic rings. The minimum atomic E-state index is -1.25. The number of hydrogen-bond donors (Lipinski definition) is 2. The van der Waals surface area contributed by atoms with Crippen LogP contribution in [0, 0.1) is 0 Å². The molecule has 0 saturated heterocycles. The molecule has 0 aromatic heterocycles. The van der Waals surface area contributed by atoms with Gasteiger partial charge in [0.2, 0.25) is 0 Å². The number of rotatable bonds is 7. The second kappa shape index (κ2) is 8.33. The molecule has 0 aliphatic carbocycles. The Kier molecular flexibility index (Phi) is 8.15. The Balaban J connectivity index is 3.84. The van der Waals surface area contributed by atoms with Crippen molar-refractivity contribution in [3.63, 3.8) is 0 Å². The van der Waals surface area contributed by atoms with Crippen molar-refractivity contribution < 1.29 is 10.0 Å². The van der Waals surface area contributed by atoms with Gasteiger partial charge < -0.3 is 10.0 Å². The van der Waals surface area contributed by atoms with E-state index >= 15 is 0 Å². The van der Waals surface area contributed by atoms with Gasteiger partial charge >= 0.3 is 7.12 Å². The molecule has 2 N–H and O–H groups in total. The van der Waals surface area contributed by atoms with Gasteiger partial charge in [0.25, 0.3) is 0 Å². The quantitative estimate of drug-likeness (QED) is 0.470. The largest absolute Gasteiger partial charge is 0.483 e. The third-order valence-corrected chi connectivity index (χ3v) is 2.11. The molecule has 0 saturated carbocycles. The Morgan fingerprint density at radius 1 is 1.15 bits per heavy atom. The second-order valence-electron chi connectivity index (χ2n) is 3.40. The third-order valence-electron chi connectivity index (χ3n) is 2.11. The summed E-state index contributed by atoms with van der Waals surface area (Å²) in [7, 11) is -1.25. The zero-order valence-electron chi connectivity index (χ0n) is 8.79. The van der Waals surface area contributed by atoms with Crippen molar-refractivity contribution in [3.8, 4) is 0 Å². The van der Waals surface area contributed by atoms with Crippen LogP contribution in [-0.2, 0) is 0 Å². The summed E-state index contributed by atoms with van der Waals surface area (Å²) in [6, 6.07) is 0. The fourth-order valence-corrected chi connectivity index (χ4v) is 1.21. The normalized spacial score (nSPS) is 11.8. The molecule has 0 aromatic carbocycles. The maximum Gasteiger partial charge on any atom is 0.483 e. The second-order valence-corrected chi connectivity index (χ2v) is 3.40. The van der Waals surface area contributed by atoms with Crippen LogP contribution in [0.2, 0.25) is 0 Å². The molecule has 0 aliphatic heterocycles. The molecule has 0 radical (unpaired) electrons. The van der Waals surface area contributed by atoms with Crippen molar-refractivity contribution >= 4 is 7.12 Å². The highest BCUT2D eigenvalue weighted by Crippen LogP contribution is 2.10. The fourth-order valence-electron chi connectivity index (χ4n) is 1.21. The summed E-state index contributed by atoms with van der Waals surface area (Å²) < 4.78 is 0. The molecule has 0 heterocycles. The Labute approximate surface area is 81.8 Å². The molecule has 0 bridgehead atoms. The summed E-state index contributed by atoms with van der Waals surface area (Å²) in [5.74, 6) is 0. The predicted molar refractivity (Wildman–Crippen MR) is 57.3 cm³/mol. The van der Waals surface area contributed by atoms with Crippen LogP contribution in [0.3, 0.4) is 0 Å². The molecule has 0 fully saturated rings. The smallest absolute Gasteiger partial charge is 0.423 e. The van der Waals surface area contributed by atoms with Crippen molar-refractivity contribution in [2.24, 2.45) is 0 Å². The average Bonchev–Trinajstić information content (AvgIpc) is 2.10. The van der Waals surface area contributed by atoms with E-state index in [4.69, 9.17) is 10.0 Å². The van der Waals surface area contributed by atoms with Crippen LogP contribution in [0.25, 0.3) is 0 Å². The van der Waals surface area contributed by atoms with E-state index in [1.807, 2.05) is 6.08 Å². The maximum atomic E-state index is 9.03. The first-order chi connectivity index (χ1) is 6.22. The zero-order valence-corrected chi connectivity index (χ0v) is 8.79. The van der Waals surface area contributed by atoms with Crippen LogP contribution in [0.5, 0.6) is 0 Å². The van der Waals surface area contributed by atoms with Crippen LogP contribution in [0.4, 0.5) is 0 Å². The van der Waals surface area contributed by atoms with Gasteiger partial charge in [0, 0.05) is 0 Å². The van der Waals surface area contributed by atoms with Gasteiger partial charge in [-0.2, -0.15) is 0 Å². The van der Waals surface area contributed by atoms with E-state index in [-0.39, 0.29) is 0 Å². The van der Waals surface area contributed by atoms with Gasteiger partial charge in [-0.25, -0.2) is 0 Å². The first-order valence-electron chi connectivity index (χ1n) is 5.27. The van der Waals surface area contributed by atoms with Crippen molar-refractivity contribution in [2.75, 3.05) is 0 Å². The molecule has 0 unspecified atom stereocenters. The Hall–Kier alpha value is -0.275. The van der Waals surface area contributed by atoms with Crippen LogP contribution in [0.15, 0.2) is 11.5 Å². The summed E-state index contributed by atoms with van der Waals surface area (Å²) in [4.78, 5) is 0. The minimum Gasteiger partial charge on any atom is -0.423 e. The van der Waals surface area contributed by atoms with Crippen LogP contribution in [0.1, 0.15) is 52.4 Å². The molecular formula is C10H21BO2. The topological polar surface area (TPSA) is 40.5 Å². The van der Waals surface area contributed by atoms with Gasteiger partial charge in [-0.1, -0.05) is 45.6 Å². The monoisotopic (exact) mass is 184 g/mol. The van der Waals surface area contributed by atoms with Crippen molar-refractivity contribution in [1.82, 2.24) is 0 Å². The average molecular weight is 184 g/mol. The molecule has 2 nitrogen and oxygen atoms in total. The number of hydrogen-bond acceptors (Lipinski definition) is 2. The molecule has 0 aliphatic rings. The highest BCUT2D eigenvalue weighted by molar-refractivity contribution is 6.50. The summed E-state index contributed by atoms with van der Waals surface area (Å²) in [5, 5.41) is 18.1. The number of unbranched alkanes of at least 4 members (excludes halogenated alkanes) is 3. The van der Waals surface area contributed by atoms with E-state index in [0.29, 0.717) is 0 Å². The Bertz CT molecular complexity index is 144. The summed E-state index contributed by atoms with van der Waals surface area (Å²) in [6.45, 7) is 4.24. The van der Waals surface area contributed by atoms with Crippen molar-refractivity contribution in [2.45, 2.75) is 52.4 Å². The maximum absolute atomic E-state index is 9.03. The first-order valence-corrected chi connectivity index (χ1v) is 5.27. The minimum absolute atomic E-state index is 0.787. The Morgan fingerprint density at radius 2 is 1.77 bits per heavy atom. The lowest BCUT2D eigenvalue weighted by atomic mass is 9.76. The van der Waals surface area contributed by atoms with Gasteiger partial charge in [0.15, 0.2) is 0 Å². The van der Waals surface area contributed by atoms with E-state index in [2.05, 4.69) is 13.8 Å². The SMILES string of the molecule is CCCCC=C(CCCC)B(O)O. The van der Waals surface area contributed by atoms with Crippen molar-refractivity contribution in [1.29, 1.82) is 0 Å². The van der Waals surface area contributed by atoms with Crippen LogP contribution in [-0.4, -0.2) is 17.2 Å². The van der Waals surface area contributed by atoms with Crippen molar-refractivity contribution in [3.05, 3.63) is 11.5 Å². The lowest BCUT2D eigenvalue weighted by Gasteiger charge is -2.04. The summed E-state index contributed by atoms with van der Waals surface area (Å²) in [6.07, 6.45) is 8.17. The molecule has 3 heteroatoms. The van der Waals surface area contributed by atoms with E-state index in [0.717, 1.165) is 44.0 Å². The molecule has 0 amide bonds. The highest BCUT2D eigenvalue weighted by atomic mass is 16.4. The molecule has 0 spiro atoms. The van der Waals surface area contributed by atoms with Gasteiger partial charge in [-0.05, 0) is 18.3 Å². The fraction of sp³-hybridized carbons (Fsp3) is 0.800. The lowest BCUT2D eigenvalue weighted by Crippen LogP contribution is -2.15. The van der Waals surface area contributed by atoms with Gasteiger partial charge in [0.1, 0.15) is 0 Å². The predicted octanol–water partition coefficient (Wildman–Crippen LogP) is 2.31. The number of allylic oxidation sites excluding steroid dienone is 2. The van der Waals surface area contributed by atoms with Crippen LogP contribution < -0.4 is 0 Å². The summed E-state index contributed by atoms with van der Waals surface area (Å²) in [5.41, 5.74) is 0.787. The molecular weight excluding hydrogens is 163 g/mol. The molecule has 76 valence electrons. The van der Waals surface area contributed by atoms with E-state index < -0.39 is 7.12 Å². The van der Waals surface area contributed by atoms with Gasteiger partial charge in [-0.3, -0.25) is 0 Å². The third kappa shape index (κ3) is 6.85. The molecule has 13 heavy (non-hydrogen) atoms. The lowest BCUT2D eigenvalue weighted by molar-refractivity contribution is 0.415. The van der Waals surface area contributed by atoms with Gasteiger partial charge in [0.05, 0.1) is 0 Å². The molecule has 0 atom stereocenters. The highest BCUT2D eigenvalue weighted by Gasteiger charge is 2.12. The van der Waals surface area contributed by atoms with E-state index in [1.54, 1.807) is 0 Å². The first kappa shape index (κ1) is 12.7. The standard InChI is InChI=1S/C10H21BO2/c1-3-5-7-9-10(11(12)13)8-6-4-2/h9,12-13H,3-8H2,1-2H3. The van der Waals surface area contributed by atoms with E-state index in [1.165, 1.54) is 0 Å². The summed E-state index contributed by atoms with van der Waals surface area (Å²) >= 11 is 0. The zero-order chi connectivity index (χ0) is 10.1. The van der Waals surface area contributed by atoms with Gasteiger partial charge in [-0.15, -0.1) is 0 Å². The van der Waals surface area contributed by atoms with Crippen LogP contribution >= 0.6 is 0 Å². The Morgan fingerprint density at radius 3 is 2.23 bits per heavy atom. The van der Waals surface area contributed by atoms with E-state index in [9.17, 15) is 0 Å².